The Bertz CT molecular complexity index is 718. The second kappa shape index (κ2) is 3.96. The van der Waals surface area contributed by atoms with Gasteiger partial charge in [-0.15, -0.1) is 0 Å². The van der Waals surface area contributed by atoms with Crippen LogP contribution in [0.2, 0.25) is 0 Å². The van der Waals surface area contributed by atoms with E-state index < -0.39 is 0 Å². The fraction of sp³-hybridized carbons (Fsp3) is 0. The Labute approximate surface area is 104 Å². The number of para-hydroxylation sites is 1. The van der Waals surface area contributed by atoms with Gasteiger partial charge in [-0.1, -0.05) is 24.3 Å². The number of pyridine rings is 1. The van der Waals surface area contributed by atoms with Crippen LogP contribution in [0.4, 0.5) is 11.8 Å². The molecule has 0 fully saturated rings. The Morgan fingerprint density at radius 2 is 1.72 bits per heavy atom. The van der Waals surface area contributed by atoms with Crippen molar-refractivity contribution in [2.24, 2.45) is 0 Å². The van der Waals surface area contributed by atoms with Crippen molar-refractivity contribution >= 4 is 22.7 Å². The average Bonchev–Trinajstić information content (AvgIpc) is 2.38. The fourth-order valence-corrected chi connectivity index (χ4v) is 1.94. The van der Waals surface area contributed by atoms with Crippen LogP contribution in [0.3, 0.4) is 0 Å². The normalized spacial score (nSPS) is 10.7. The molecule has 0 amide bonds. The second-order valence-corrected chi connectivity index (χ2v) is 3.91. The van der Waals surface area contributed by atoms with E-state index in [0.29, 0.717) is 5.82 Å². The summed E-state index contributed by atoms with van der Waals surface area (Å²) in [5.74, 6) is 0.532. The van der Waals surface area contributed by atoms with Gasteiger partial charge in [0, 0.05) is 28.9 Å². The summed E-state index contributed by atoms with van der Waals surface area (Å²) in [7, 11) is 0. The van der Waals surface area contributed by atoms with Crippen molar-refractivity contribution in [3.63, 3.8) is 0 Å². The number of anilines is 2. The summed E-state index contributed by atoms with van der Waals surface area (Å²) >= 11 is 0. The maximum Gasteiger partial charge on any atom is 0.221 e. The van der Waals surface area contributed by atoms with E-state index >= 15 is 0 Å². The van der Waals surface area contributed by atoms with Crippen LogP contribution >= 0.6 is 0 Å². The zero-order valence-electron chi connectivity index (χ0n) is 9.54. The predicted octanol–water partition coefficient (Wildman–Crippen LogP) is 1.86. The molecule has 0 saturated heterocycles. The minimum absolute atomic E-state index is 0.171. The molecular weight excluding hydrogens is 226 g/mol. The van der Waals surface area contributed by atoms with Crippen molar-refractivity contribution in [2.75, 3.05) is 11.5 Å². The van der Waals surface area contributed by atoms with Gasteiger partial charge in [-0.2, -0.15) is 4.98 Å². The Kier molecular flexibility index (Phi) is 2.30. The quantitative estimate of drug-likeness (QED) is 0.674. The molecule has 5 heteroatoms. The number of nitrogens with zero attached hydrogens (tertiary/aromatic N) is 3. The third-order valence-electron chi connectivity index (χ3n) is 2.76. The standard InChI is InChI=1S/C13H11N5/c14-12-10(7-17-13(15)18-12)9-5-1-3-8-4-2-6-16-11(8)9/h1-7H,(H4,14,15,17,18). The molecule has 2 heterocycles. The topological polar surface area (TPSA) is 90.7 Å². The van der Waals surface area contributed by atoms with Gasteiger partial charge < -0.3 is 11.5 Å². The maximum absolute atomic E-state index is 5.89. The van der Waals surface area contributed by atoms with Crippen LogP contribution in [-0.2, 0) is 0 Å². The van der Waals surface area contributed by atoms with Crippen molar-refractivity contribution in [1.29, 1.82) is 0 Å². The van der Waals surface area contributed by atoms with Crippen molar-refractivity contribution in [2.45, 2.75) is 0 Å². The van der Waals surface area contributed by atoms with E-state index in [0.717, 1.165) is 22.0 Å². The molecule has 0 spiro atoms. The van der Waals surface area contributed by atoms with Crippen molar-refractivity contribution in [3.05, 3.63) is 42.7 Å². The lowest BCUT2D eigenvalue weighted by molar-refractivity contribution is 1.20. The minimum Gasteiger partial charge on any atom is -0.383 e. The molecule has 0 aliphatic rings. The molecule has 88 valence electrons. The highest BCUT2D eigenvalue weighted by Crippen LogP contribution is 2.29. The lowest BCUT2D eigenvalue weighted by Crippen LogP contribution is -2.01. The van der Waals surface area contributed by atoms with Crippen molar-refractivity contribution < 1.29 is 0 Å². The Morgan fingerprint density at radius 3 is 2.56 bits per heavy atom. The van der Waals surface area contributed by atoms with E-state index in [4.69, 9.17) is 11.5 Å². The van der Waals surface area contributed by atoms with Gasteiger partial charge in [0.05, 0.1) is 5.52 Å². The van der Waals surface area contributed by atoms with Crippen LogP contribution < -0.4 is 11.5 Å². The lowest BCUT2D eigenvalue weighted by Gasteiger charge is -2.07. The SMILES string of the molecule is Nc1ncc(-c2cccc3cccnc23)c(N)n1. The Morgan fingerprint density at radius 1 is 0.889 bits per heavy atom. The number of benzene rings is 1. The van der Waals surface area contributed by atoms with E-state index in [1.54, 1.807) is 12.4 Å². The maximum atomic E-state index is 5.89. The minimum atomic E-state index is 0.171. The zero-order valence-corrected chi connectivity index (χ0v) is 9.54. The predicted molar refractivity (Wildman–Crippen MR) is 71.6 cm³/mol. The molecule has 1 aromatic carbocycles. The van der Waals surface area contributed by atoms with Gasteiger partial charge in [0.15, 0.2) is 0 Å². The van der Waals surface area contributed by atoms with Gasteiger partial charge in [-0.25, -0.2) is 4.98 Å². The summed E-state index contributed by atoms with van der Waals surface area (Å²) in [5, 5.41) is 1.05. The van der Waals surface area contributed by atoms with Crippen LogP contribution in [-0.4, -0.2) is 15.0 Å². The van der Waals surface area contributed by atoms with E-state index in [2.05, 4.69) is 15.0 Å². The summed E-state index contributed by atoms with van der Waals surface area (Å²) < 4.78 is 0. The fourth-order valence-electron chi connectivity index (χ4n) is 1.94. The highest BCUT2D eigenvalue weighted by atomic mass is 15.0. The molecule has 3 rings (SSSR count). The lowest BCUT2D eigenvalue weighted by atomic mass is 10.0. The first-order valence-corrected chi connectivity index (χ1v) is 5.48. The largest absolute Gasteiger partial charge is 0.383 e. The second-order valence-electron chi connectivity index (χ2n) is 3.91. The number of nitrogen functional groups attached to an aromatic ring is 2. The van der Waals surface area contributed by atoms with Crippen LogP contribution in [0, 0.1) is 0 Å². The van der Waals surface area contributed by atoms with E-state index in [1.807, 2.05) is 30.3 Å². The Balaban J connectivity index is 2.31. The molecule has 5 nitrogen and oxygen atoms in total. The first-order valence-electron chi connectivity index (χ1n) is 5.48. The monoisotopic (exact) mass is 237 g/mol. The van der Waals surface area contributed by atoms with E-state index in [-0.39, 0.29) is 5.95 Å². The van der Waals surface area contributed by atoms with Crippen LogP contribution in [0.5, 0.6) is 0 Å². The molecule has 0 bridgehead atoms. The number of rotatable bonds is 1. The molecular formula is C13H11N5. The van der Waals surface area contributed by atoms with Crippen LogP contribution in [0.25, 0.3) is 22.0 Å². The molecule has 4 N–H and O–H groups in total. The van der Waals surface area contributed by atoms with Crippen LogP contribution in [0.1, 0.15) is 0 Å². The van der Waals surface area contributed by atoms with E-state index in [1.165, 1.54) is 0 Å². The summed E-state index contributed by atoms with van der Waals surface area (Å²) in [6.45, 7) is 0. The van der Waals surface area contributed by atoms with E-state index in [9.17, 15) is 0 Å². The molecule has 0 aliphatic heterocycles. The third kappa shape index (κ3) is 1.62. The Hall–Kier alpha value is -2.69. The van der Waals surface area contributed by atoms with Gasteiger partial charge in [0.25, 0.3) is 0 Å². The molecule has 0 unspecified atom stereocenters. The summed E-state index contributed by atoms with van der Waals surface area (Å²) in [6.07, 6.45) is 3.38. The van der Waals surface area contributed by atoms with Gasteiger partial charge in [0.1, 0.15) is 5.82 Å². The molecule has 0 radical (unpaired) electrons. The molecule has 0 aliphatic carbocycles. The van der Waals surface area contributed by atoms with Gasteiger partial charge in [-0.05, 0) is 6.07 Å². The first kappa shape index (κ1) is 10.5. The number of hydrogen-bond donors (Lipinski definition) is 2. The molecule has 3 aromatic rings. The molecule has 2 aromatic heterocycles. The number of hydrogen-bond acceptors (Lipinski definition) is 5. The van der Waals surface area contributed by atoms with Gasteiger partial charge >= 0.3 is 0 Å². The summed E-state index contributed by atoms with van der Waals surface area (Å²) in [6, 6.07) is 9.80. The van der Waals surface area contributed by atoms with Crippen molar-refractivity contribution in [3.8, 4) is 11.1 Å². The number of aromatic nitrogens is 3. The summed E-state index contributed by atoms with van der Waals surface area (Å²) in [5.41, 5.74) is 13.9. The zero-order chi connectivity index (χ0) is 12.5. The van der Waals surface area contributed by atoms with Crippen LogP contribution in [0.15, 0.2) is 42.7 Å². The number of nitrogens with two attached hydrogens (primary N) is 2. The highest BCUT2D eigenvalue weighted by Gasteiger charge is 2.09. The highest BCUT2D eigenvalue weighted by molar-refractivity contribution is 5.95. The molecule has 0 saturated carbocycles. The van der Waals surface area contributed by atoms with Crippen molar-refractivity contribution in [1.82, 2.24) is 15.0 Å². The average molecular weight is 237 g/mol. The smallest absolute Gasteiger partial charge is 0.221 e. The summed E-state index contributed by atoms with van der Waals surface area (Å²) in [4.78, 5) is 12.3. The first-order chi connectivity index (χ1) is 8.75. The van der Waals surface area contributed by atoms with Gasteiger partial charge in [0.2, 0.25) is 5.95 Å². The molecule has 0 atom stereocenters. The number of fused-ring (bicyclic) bond motifs is 1. The van der Waals surface area contributed by atoms with Gasteiger partial charge in [-0.3, -0.25) is 4.98 Å². The molecule has 18 heavy (non-hydrogen) atoms. The third-order valence-corrected chi connectivity index (χ3v) is 2.76.